The molecule has 32 heavy (non-hydrogen) atoms. The predicted molar refractivity (Wildman–Crippen MR) is 142 cm³/mol. The topological polar surface area (TPSA) is 99.7 Å². The van der Waals surface area contributed by atoms with E-state index < -0.39 is 0 Å². The molecule has 2 aromatic rings. The molecule has 1 aliphatic rings. The highest BCUT2D eigenvalue weighted by atomic mass is 35.5. The molecule has 0 amide bonds. The maximum atomic E-state index is 9.44. The second-order valence-electron chi connectivity index (χ2n) is 6.85. The van der Waals surface area contributed by atoms with E-state index in [2.05, 4.69) is 29.8 Å². The van der Waals surface area contributed by atoms with Crippen molar-refractivity contribution in [2.24, 2.45) is 10.9 Å². The summed E-state index contributed by atoms with van der Waals surface area (Å²) in [5.74, 6) is 5.28. The number of carbonyl (C=O) groups excluding carboxylic acids is 1. The molecule has 0 bridgehead atoms. The summed E-state index contributed by atoms with van der Waals surface area (Å²) in [6.07, 6.45) is 0. The first kappa shape index (κ1) is 30.3. The molecule has 1 heterocycles. The number of nitrogens with two attached hydrogens (primary N) is 1. The third-order valence-electron chi connectivity index (χ3n) is 3.11. The lowest BCUT2D eigenvalue weighted by atomic mass is 10.2. The Balaban J connectivity index is 0.000000475. The number of nitrogens with one attached hydrogen (secondary N) is 2. The number of aliphatic hydroxyl groups is 1. The van der Waals surface area contributed by atoms with Crippen LogP contribution in [-0.4, -0.2) is 32.4 Å². The van der Waals surface area contributed by atoms with Crippen molar-refractivity contribution < 1.29 is 9.90 Å². The highest BCUT2D eigenvalue weighted by Gasteiger charge is 2.27. The number of aliphatic hydroxyl groups excluding tert-OH is 1. The fourth-order valence-electron chi connectivity index (χ4n) is 1.87. The molecule has 0 aliphatic carbocycles. The first-order valence-electron chi connectivity index (χ1n) is 9.60. The normalized spacial score (nSPS) is 12.8. The number of nitrogens with zero attached hydrogens (tertiary/aromatic N) is 1. The Hall–Kier alpha value is -1.68. The first-order valence-corrected chi connectivity index (χ1v) is 11.6. The van der Waals surface area contributed by atoms with Crippen LogP contribution in [0.2, 0.25) is 10.0 Å². The van der Waals surface area contributed by atoms with Crippen LogP contribution in [0.5, 0.6) is 0 Å². The molecule has 0 fully saturated rings. The fourth-order valence-corrected chi connectivity index (χ4v) is 3.18. The minimum Gasteiger partial charge on any atom is -0.397 e. The number of halogens is 2. The van der Waals surface area contributed by atoms with E-state index in [-0.39, 0.29) is 17.3 Å². The molecule has 5 N–H and O–H groups in total. The summed E-state index contributed by atoms with van der Waals surface area (Å²) in [5, 5.41) is 14.3. The zero-order chi connectivity index (χ0) is 24.7. The van der Waals surface area contributed by atoms with Gasteiger partial charge in [-0.1, -0.05) is 71.4 Å². The summed E-state index contributed by atoms with van der Waals surface area (Å²) in [5.41, 5.74) is 7.44. The molecule has 176 valence electrons. The van der Waals surface area contributed by atoms with Crippen LogP contribution >= 0.6 is 47.2 Å². The molecule has 0 unspecified atom stereocenters. The number of hydrogen-bond acceptors (Lipinski definition) is 7. The smallest absolute Gasteiger partial charge is 0.126 e. The number of hydrazone groups is 1. The second kappa shape index (κ2) is 16.0. The van der Waals surface area contributed by atoms with Crippen LogP contribution in [0.4, 0.5) is 0 Å². The van der Waals surface area contributed by atoms with Gasteiger partial charge in [0.2, 0.25) is 0 Å². The van der Waals surface area contributed by atoms with Crippen molar-refractivity contribution in [3.63, 3.8) is 0 Å². The highest BCUT2D eigenvalue weighted by molar-refractivity contribution is 8.15. The molecule has 6 nitrogen and oxygen atoms in total. The van der Waals surface area contributed by atoms with Crippen LogP contribution in [0, 0.1) is 0 Å². The standard InChI is InChI=1S/C10H11ClN2S.C7H7ClN2S.C3H6O.C2H6O/c1-10(2)13-12-9(14-10)7-3-5-8(11)6-4-7;8-6-3-1-5(2-4-6)7(11)10-9;1-3(2)4;1-2-3/h3-6,13H,1-2H3;1-4H,9H2,(H,10,11);1-2H3;3H,2H2,1H3. The van der Waals surface area contributed by atoms with E-state index in [1.807, 2.05) is 36.4 Å². The molecular weight excluding hydrogens is 487 g/mol. The quantitative estimate of drug-likeness (QED) is 0.249. The number of carbonyl (C=O) groups is 1. The van der Waals surface area contributed by atoms with E-state index in [0.29, 0.717) is 10.0 Å². The zero-order valence-corrected chi connectivity index (χ0v) is 21.9. The summed E-state index contributed by atoms with van der Waals surface area (Å²) in [7, 11) is 0. The Morgan fingerprint density at radius 3 is 1.88 bits per heavy atom. The van der Waals surface area contributed by atoms with E-state index in [9.17, 15) is 4.79 Å². The maximum Gasteiger partial charge on any atom is 0.126 e. The van der Waals surface area contributed by atoms with Gasteiger partial charge >= 0.3 is 0 Å². The molecule has 0 atom stereocenters. The molecule has 0 radical (unpaired) electrons. The van der Waals surface area contributed by atoms with Crippen molar-refractivity contribution in [2.45, 2.75) is 39.5 Å². The highest BCUT2D eigenvalue weighted by Crippen LogP contribution is 2.31. The summed E-state index contributed by atoms with van der Waals surface area (Å²) in [4.78, 5) is 9.95. The van der Waals surface area contributed by atoms with Crippen molar-refractivity contribution in [3.8, 4) is 0 Å². The second-order valence-corrected chi connectivity index (χ2v) is 9.75. The van der Waals surface area contributed by atoms with Crippen LogP contribution in [0.15, 0.2) is 53.6 Å². The van der Waals surface area contributed by atoms with E-state index in [4.69, 9.17) is 46.4 Å². The molecule has 10 heteroatoms. The third kappa shape index (κ3) is 13.7. The van der Waals surface area contributed by atoms with Gasteiger partial charge in [0.05, 0.1) is 0 Å². The van der Waals surface area contributed by atoms with Gasteiger partial charge in [-0.2, -0.15) is 5.10 Å². The predicted octanol–water partition coefficient (Wildman–Crippen LogP) is 5.15. The van der Waals surface area contributed by atoms with Gasteiger partial charge in [-0.25, -0.2) is 5.84 Å². The Morgan fingerprint density at radius 1 is 1.12 bits per heavy atom. The van der Waals surface area contributed by atoms with Crippen molar-refractivity contribution in [1.29, 1.82) is 0 Å². The average Bonchev–Trinajstić information content (AvgIpc) is 3.09. The van der Waals surface area contributed by atoms with Gasteiger partial charge in [-0.3, -0.25) is 5.43 Å². The largest absolute Gasteiger partial charge is 0.397 e. The zero-order valence-electron chi connectivity index (χ0n) is 18.8. The minimum atomic E-state index is -0.00499. The minimum absolute atomic E-state index is 0.00499. The molecule has 3 rings (SSSR count). The van der Waals surface area contributed by atoms with Gasteiger partial charge in [0, 0.05) is 27.8 Å². The Morgan fingerprint density at radius 2 is 1.53 bits per heavy atom. The SMILES string of the molecule is CC(C)=O.CC1(C)NN=C(c2ccc(Cl)cc2)S1.CCO.NNC(=S)c1ccc(Cl)cc1. The number of ketones is 1. The van der Waals surface area contributed by atoms with Crippen molar-refractivity contribution >= 4 is 63.0 Å². The fraction of sp³-hybridized carbons (Fsp3) is 0.318. The van der Waals surface area contributed by atoms with Gasteiger partial charge < -0.3 is 15.3 Å². The first-order chi connectivity index (χ1) is 14.9. The van der Waals surface area contributed by atoms with Gasteiger partial charge in [-0.05, 0) is 58.9 Å². The number of rotatable bonds is 2. The van der Waals surface area contributed by atoms with Crippen molar-refractivity contribution in [3.05, 3.63) is 69.7 Å². The number of thioether (sulfide) groups is 1. The van der Waals surface area contributed by atoms with Crippen molar-refractivity contribution in [2.75, 3.05) is 6.61 Å². The molecule has 0 spiro atoms. The van der Waals surface area contributed by atoms with Gasteiger partial charge in [0.25, 0.3) is 0 Å². The summed E-state index contributed by atoms with van der Waals surface area (Å²) in [6.45, 7) is 9.19. The van der Waals surface area contributed by atoms with E-state index >= 15 is 0 Å². The molecule has 2 aromatic carbocycles. The molecule has 0 saturated heterocycles. The molecule has 0 saturated carbocycles. The average molecular weight is 518 g/mol. The van der Waals surface area contributed by atoms with Crippen LogP contribution < -0.4 is 16.7 Å². The van der Waals surface area contributed by atoms with E-state index in [0.717, 1.165) is 21.2 Å². The van der Waals surface area contributed by atoms with Crippen LogP contribution in [0.1, 0.15) is 45.7 Å². The summed E-state index contributed by atoms with van der Waals surface area (Å²) < 4.78 is 0. The van der Waals surface area contributed by atoms with Crippen LogP contribution in [0.25, 0.3) is 0 Å². The number of hydrogen-bond donors (Lipinski definition) is 4. The lowest BCUT2D eigenvalue weighted by molar-refractivity contribution is -0.114. The number of thiocarbonyl (C=S) groups is 1. The molecule has 0 aromatic heterocycles. The number of hydrazine groups is 1. The third-order valence-corrected chi connectivity index (χ3v) is 5.09. The van der Waals surface area contributed by atoms with Gasteiger partial charge in [0.15, 0.2) is 0 Å². The number of Topliss-reactive ketones (excluding diaryl/α,β-unsaturated/α-hetero) is 1. The van der Waals surface area contributed by atoms with E-state index in [1.54, 1.807) is 30.8 Å². The van der Waals surface area contributed by atoms with Gasteiger partial charge in [-0.15, -0.1) is 0 Å². The van der Waals surface area contributed by atoms with Crippen molar-refractivity contribution in [1.82, 2.24) is 10.9 Å². The molecule has 1 aliphatic heterocycles. The molecular formula is C22H30Cl2N4O2S2. The summed E-state index contributed by atoms with van der Waals surface area (Å²) in [6, 6.07) is 14.9. The Labute approximate surface area is 209 Å². The van der Waals surface area contributed by atoms with Crippen LogP contribution in [0.3, 0.4) is 0 Å². The van der Waals surface area contributed by atoms with Crippen LogP contribution in [-0.2, 0) is 4.79 Å². The van der Waals surface area contributed by atoms with Gasteiger partial charge in [0.1, 0.15) is 20.7 Å². The maximum absolute atomic E-state index is 9.44. The lowest BCUT2D eigenvalue weighted by Crippen LogP contribution is -2.28. The van der Waals surface area contributed by atoms with E-state index in [1.165, 1.54) is 13.8 Å². The summed E-state index contributed by atoms with van der Waals surface area (Å²) >= 11 is 18.1. The monoisotopic (exact) mass is 516 g/mol. The Bertz CT molecular complexity index is 871. The lowest BCUT2D eigenvalue weighted by Gasteiger charge is -2.14. The number of benzene rings is 2. The Kier molecular flexibility index (Phi) is 15.2.